The van der Waals surface area contributed by atoms with Crippen molar-refractivity contribution in [2.45, 2.75) is 46.6 Å². The van der Waals surface area contributed by atoms with Crippen molar-refractivity contribution in [1.29, 1.82) is 0 Å². The predicted molar refractivity (Wildman–Crippen MR) is 105 cm³/mol. The van der Waals surface area contributed by atoms with Crippen LogP contribution in [0.5, 0.6) is 0 Å². The Hall–Kier alpha value is -1.93. The fraction of sp³-hybridized carbons (Fsp3) is 0.471. The lowest BCUT2D eigenvalue weighted by Crippen LogP contribution is -2.21. The first kappa shape index (κ1) is 17.9. The third-order valence-electron chi connectivity index (χ3n) is 4.46. The van der Waals surface area contributed by atoms with E-state index in [1.165, 1.54) is 12.0 Å². The molecule has 0 fully saturated rings. The van der Waals surface area contributed by atoms with Crippen molar-refractivity contribution >= 4 is 45.3 Å². The van der Waals surface area contributed by atoms with Crippen molar-refractivity contribution in [3.05, 3.63) is 27.4 Å². The van der Waals surface area contributed by atoms with E-state index in [0.29, 0.717) is 10.7 Å². The second kappa shape index (κ2) is 7.13. The van der Waals surface area contributed by atoms with Gasteiger partial charge in [-0.25, -0.2) is 4.79 Å². The maximum Gasteiger partial charge on any atom is 0.341 e. The minimum Gasteiger partial charge on any atom is -0.465 e. The summed E-state index contributed by atoms with van der Waals surface area (Å²) < 4.78 is 6.90. The molecule has 0 spiro atoms. The summed E-state index contributed by atoms with van der Waals surface area (Å²) in [7, 11) is 1.41. The summed E-state index contributed by atoms with van der Waals surface area (Å²) in [5, 5.41) is 12.1. The zero-order valence-electron chi connectivity index (χ0n) is 14.9. The van der Waals surface area contributed by atoms with Gasteiger partial charge in [-0.3, -0.25) is 4.68 Å². The molecule has 0 unspecified atom stereocenters. The van der Waals surface area contributed by atoms with E-state index in [1.807, 2.05) is 18.5 Å². The Morgan fingerprint density at radius 3 is 2.76 bits per heavy atom. The van der Waals surface area contributed by atoms with E-state index in [1.54, 1.807) is 11.3 Å². The third kappa shape index (κ3) is 3.28. The number of nitrogens with zero attached hydrogens (tertiary/aromatic N) is 2. The van der Waals surface area contributed by atoms with Crippen LogP contribution in [0, 0.1) is 13.8 Å². The monoisotopic (exact) mass is 378 g/mol. The van der Waals surface area contributed by atoms with Crippen LogP contribution in [0.15, 0.2) is 0 Å². The van der Waals surface area contributed by atoms with Crippen LogP contribution < -0.4 is 10.6 Å². The molecule has 2 heterocycles. The van der Waals surface area contributed by atoms with Crippen molar-refractivity contribution in [3.63, 3.8) is 0 Å². The smallest absolute Gasteiger partial charge is 0.341 e. The van der Waals surface area contributed by atoms with E-state index in [2.05, 4.69) is 22.7 Å². The number of esters is 1. The number of hydrogen-bond acceptors (Lipinski definition) is 5. The first-order chi connectivity index (χ1) is 12.0. The van der Waals surface area contributed by atoms with Crippen LogP contribution in [-0.4, -0.2) is 28.0 Å². The number of aromatic nitrogens is 2. The van der Waals surface area contributed by atoms with Crippen molar-refractivity contribution < 1.29 is 9.53 Å². The number of thiophene rings is 1. The van der Waals surface area contributed by atoms with E-state index in [9.17, 15) is 4.79 Å². The number of methoxy groups -OCH3 is 1. The van der Waals surface area contributed by atoms with Crippen LogP contribution in [0.1, 0.15) is 45.5 Å². The van der Waals surface area contributed by atoms with Gasteiger partial charge in [-0.15, -0.1) is 11.3 Å². The Morgan fingerprint density at radius 1 is 1.36 bits per heavy atom. The van der Waals surface area contributed by atoms with Gasteiger partial charge in [-0.2, -0.15) is 5.10 Å². The van der Waals surface area contributed by atoms with E-state index in [4.69, 9.17) is 17.0 Å². The summed E-state index contributed by atoms with van der Waals surface area (Å²) in [4.78, 5) is 13.5. The molecule has 2 N–H and O–H groups in total. The Morgan fingerprint density at radius 2 is 2.12 bits per heavy atom. The summed E-state index contributed by atoms with van der Waals surface area (Å²) in [5.41, 5.74) is 4.56. The number of nitrogens with one attached hydrogen (secondary N) is 2. The average Bonchev–Trinajstić information content (AvgIpc) is 3.23. The molecule has 0 aliphatic heterocycles. The lowest BCUT2D eigenvalue weighted by atomic mass is 10.1. The summed E-state index contributed by atoms with van der Waals surface area (Å²) in [5.74, 6) is -0.309. The molecule has 0 amide bonds. The zero-order chi connectivity index (χ0) is 18.1. The molecule has 0 bridgehead atoms. The number of fused-ring (bicyclic) bond motifs is 1. The lowest BCUT2D eigenvalue weighted by Gasteiger charge is -2.11. The molecule has 134 valence electrons. The molecule has 25 heavy (non-hydrogen) atoms. The predicted octanol–water partition coefficient (Wildman–Crippen LogP) is 3.67. The van der Waals surface area contributed by atoms with E-state index in [0.717, 1.165) is 53.4 Å². The van der Waals surface area contributed by atoms with Crippen LogP contribution in [0.4, 0.5) is 10.7 Å². The molecular weight excluding hydrogens is 356 g/mol. The number of aryl methyl sites for hydroxylation is 3. The fourth-order valence-corrected chi connectivity index (χ4v) is 4.79. The maximum absolute atomic E-state index is 12.2. The molecule has 0 saturated carbocycles. The number of anilines is 2. The van der Waals surface area contributed by atoms with Gasteiger partial charge in [0.05, 0.1) is 29.7 Å². The highest BCUT2D eigenvalue weighted by atomic mass is 32.1. The molecular formula is C17H22N4O2S2. The van der Waals surface area contributed by atoms with Gasteiger partial charge in [0.15, 0.2) is 5.11 Å². The van der Waals surface area contributed by atoms with Crippen molar-refractivity contribution in [1.82, 2.24) is 9.78 Å². The number of thiocarbonyl (C=S) groups is 1. The normalized spacial score (nSPS) is 12.8. The molecule has 0 radical (unpaired) electrons. The average molecular weight is 379 g/mol. The summed E-state index contributed by atoms with van der Waals surface area (Å²) in [6, 6.07) is 0. The lowest BCUT2D eigenvalue weighted by molar-refractivity contribution is 0.0601. The van der Waals surface area contributed by atoms with Gasteiger partial charge in [0, 0.05) is 11.4 Å². The number of carbonyl (C=O) groups excluding carboxylic acids is 1. The standard InChI is InChI=1S/C17H22N4O2S2/c1-5-21-10(3)14(9(2)20-21)18-17(24)19-15-13(16(22)23-4)11-7-6-8-12(11)25-15/h5-8H2,1-4H3,(H2,18,19,24). The zero-order valence-corrected chi connectivity index (χ0v) is 16.5. The Kier molecular flexibility index (Phi) is 5.10. The van der Waals surface area contributed by atoms with Gasteiger partial charge in [0.2, 0.25) is 0 Å². The van der Waals surface area contributed by atoms with Crippen molar-refractivity contribution in [3.8, 4) is 0 Å². The number of carbonyl (C=O) groups is 1. The highest BCUT2D eigenvalue weighted by Gasteiger charge is 2.27. The minimum absolute atomic E-state index is 0.309. The SMILES string of the molecule is CCn1nc(C)c(NC(=S)Nc2sc3c(c2C(=O)OC)CCC3)c1C. The van der Waals surface area contributed by atoms with Crippen LogP contribution in [-0.2, 0) is 24.1 Å². The molecule has 3 rings (SSSR count). The first-order valence-electron chi connectivity index (χ1n) is 8.31. The second-order valence-electron chi connectivity index (χ2n) is 5.99. The fourth-order valence-electron chi connectivity index (χ4n) is 3.24. The van der Waals surface area contributed by atoms with Gasteiger partial charge in [0.1, 0.15) is 5.00 Å². The van der Waals surface area contributed by atoms with Crippen LogP contribution >= 0.6 is 23.6 Å². The molecule has 0 saturated heterocycles. The molecule has 0 atom stereocenters. The van der Waals surface area contributed by atoms with Gasteiger partial charge < -0.3 is 15.4 Å². The van der Waals surface area contributed by atoms with E-state index < -0.39 is 0 Å². The van der Waals surface area contributed by atoms with Crippen LogP contribution in [0.2, 0.25) is 0 Å². The van der Waals surface area contributed by atoms with Gasteiger partial charge in [0.25, 0.3) is 0 Å². The topological polar surface area (TPSA) is 68.2 Å². The largest absolute Gasteiger partial charge is 0.465 e. The highest BCUT2D eigenvalue weighted by Crippen LogP contribution is 2.39. The van der Waals surface area contributed by atoms with Crippen LogP contribution in [0.25, 0.3) is 0 Å². The molecule has 6 nitrogen and oxygen atoms in total. The molecule has 8 heteroatoms. The highest BCUT2D eigenvalue weighted by molar-refractivity contribution is 7.80. The number of ether oxygens (including phenoxy) is 1. The summed E-state index contributed by atoms with van der Waals surface area (Å²) in [6.07, 6.45) is 3.01. The third-order valence-corrected chi connectivity index (χ3v) is 5.87. The number of rotatable bonds is 4. The van der Waals surface area contributed by atoms with Crippen molar-refractivity contribution in [2.75, 3.05) is 17.7 Å². The molecule has 1 aliphatic carbocycles. The molecule has 2 aromatic rings. The molecule has 1 aliphatic rings. The molecule has 2 aromatic heterocycles. The number of hydrogen-bond donors (Lipinski definition) is 2. The van der Waals surface area contributed by atoms with Gasteiger partial charge in [-0.1, -0.05) is 0 Å². The first-order valence-corrected chi connectivity index (χ1v) is 9.53. The summed E-state index contributed by atoms with van der Waals surface area (Å²) in [6.45, 7) is 6.81. The Bertz CT molecular complexity index is 838. The minimum atomic E-state index is -0.309. The quantitative estimate of drug-likeness (QED) is 0.625. The van der Waals surface area contributed by atoms with E-state index >= 15 is 0 Å². The van der Waals surface area contributed by atoms with Crippen LogP contribution in [0.3, 0.4) is 0 Å². The Labute approximate surface area is 156 Å². The van der Waals surface area contributed by atoms with Crippen molar-refractivity contribution in [2.24, 2.45) is 0 Å². The Balaban J connectivity index is 1.83. The van der Waals surface area contributed by atoms with E-state index in [-0.39, 0.29) is 5.97 Å². The van der Waals surface area contributed by atoms with Gasteiger partial charge in [-0.05, 0) is 57.8 Å². The van der Waals surface area contributed by atoms with Gasteiger partial charge >= 0.3 is 5.97 Å². The molecule has 0 aromatic carbocycles. The maximum atomic E-state index is 12.2. The summed E-state index contributed by atoms with van der Waals surface area (Å²) >= 11 is 7.06. The second-order valence-corrected chi connectivity index (χ2v) is 7.51.